The second-order valence-electron chi connectivity index (χ2n) is 4.71. The number of hydrogen-bond donors (Lipinski definition) is 1. The van der Waals surface area contributed by atoms with Crippen molar-refractivity contribution >= 4 is 33.3 Å². The molecule has 0 amide bonds. The number of furan rings is 1. The van der Waals surface area contributed by atoms with Crippen LogP contribution >= 0.6 is 11.3 Å². The van der Waals surface area contributed by atoms with Gasteiger partial charge in [0.05, 0.1) is 16.3 Å². The number of fused-ring (bicyclic) bond motifs is 1. The topological polar surface area (TPSA) is 94.1 Å². The highest BCUT2D eigenvalue weighted by Gasteiger charge is 2.17. The van der Waals surface area contributed by atoms with E-state index in [0.29, 0.717) is 11.6 Å². The minimum absolute atomic E-state index is 0.290. The summed E-state index contributed by atoms with van der Waals surface area (Å²) >= 11 is 1.56. The van der Waals surface area contributed by atoms with Gasteiger partial charge in [-0.3, -0.25) is 10.1 Å². The first kappa shape index (κ1) is 14.5. The maximum Gasteiger partial charge on any atom is 0.433 e. The highest BCUT2D eigenvalue weighted by atomic mass is 32.1. The quantitative estimate of drug-likeness (QED) is 0.418. The Balaban J connectivity index is 1.99. The average molecular weight is 318 g/mol. The van der Waals surface area contributed by atoms with Gasteiger partial charge >= 0.3 is 5.88 Å². The summed E-state index contributed by atoms with van der Waals surface area (Å²) in [6, 6.07) is 4.72. The first-order valence-corrected chi connectivity index (χ1v) is 7.80. The number of unbranched alkanes of at least 4 members (excludes halogenated alkanes) is 1. The summed E-state index contributed by atoms with van der Waals surface area (Å²) in [4.78, 5) is 19.0. The van der Waals surface area contributed by atoms with E-state index in [4.69, 9.17) is 4.42 Å². The number of hydrogen-bond acceptors (Lipinski definition) is 7. The van der Waals surface area contributed by atoms with E-state index in [1.807, 2.05) is 11.4 Å². The molecule has 114 valence electrons. The van der Waals surface area contributed by atoms with E-state index in [2.05, 4.69) is 22.2 Å². The number of aromatic nitrogens is 2. The third-order valence-corrected chi connectivity index (χ3v) is 4.03. The zero-order valence-corrected chi connectivity index (χ0v) is 12.7. The zero-order chi connectivity index (χ0) is 15.5. The van der Waals surface area contributed by atoms with Gasteiger partial charge in [0.25, 0.3) is 0 Å². The third-order valence-electron chi connectivity index (χ3n) is 3.12. The largest absolute Gasteiger partial charge is 0.433 e. The number of nitrogens with one attached hydrogen (secondary N) is 1. The van der Waals surface area contributed by atoms with Crippen molar-refractivity contribution in [3.63, 3.8) is 0 Å². The molecule has 0 aromatic carbocycles. The van der Waals surface area contributed by atoms with E-state index in [0.717, 1.165) is 35.4 Å². The molecule has 0 aliphatic rings. The summed E-state index contributed by atoms with van der Waals surface area (Å²) in [6.45, 7) is 2.94. The molecule has 0 radical (unpaired) electrons. The molecular formula is C14H14N4O3S. The van der Waals surface area contributed by atoms with Crippen LogP contribution in [0, 0.1) is 10.1 Å². The highest BCUT2D eigenvalue weighted by Crippen LogP contribution is 2.30. The molecule has 3 aromatic rings. The molecule has 3 heterocycles. The van der Waals surface area contributed by atoms with Crippen molar-refractivity contribution in [1.29, 1.82) is 0 Å². The van der Waals surface area contributed by atoms with Crippen molar-refractivity contribution in [1.82, 2.24) is 9.97 Å². The SMILES string of the molecule is CCCCNc1nc(-c2ccc([N+](=O)[O-])o2)nc2ccsc12. The monoisotopic (exact) mass is 318 g/mol. The molecule has 3 aromatic heterocycles. The standard InChI is InChI=1S/C14H14N4O3S/c1-2-3-7-15-14-12-9(6-8-22-12)16-13(17-14)10-4-5-11(21-10)18(19)20/h4-6,8H,2-3,7H2,1H3,(H,15,16,17). The lowest BCUT2D eigenvalue weighted by atomic mass is 10.3. The molecule has 7 nitrogen and oxygen atoms in total. The minimum atomic E-state index is -0.576. The van der Waals surface area contributed by atoms with Crippen LogP contribution < -0.4 is 5.32 Å². The smallest absolute Gasteiger partial charge is 0.397 e. The lowest BCUT2D eigenvalue weighted by Crippen LogP contribution is -2.04. The Morgan fingerprint density at radius 1 is 1.36 bits per heavy atom. The van der Waals surface area contributed by atoms with Crippen molar-refractivity contribution in [2.75, 3.05) is 11.9 Å². The van der Waals surface area contributed by atoms with E-state index in [1.165, 1.54) is 12.1 Å². The van der Waals surface area contributed by atoms with Crippen LogP contribution in [0.25, 0.3) is 21.8 Å². The van der Waals surface area contributed by atoms with Crippen LogP contribution in [0.5, 0.6) is 0 Å². The number of nitrogens with zero attached hydrogens (tertiary/aromatic N) is 3. The molecule has 0 spiro atoms. The van der Waals surface area contributed by atoms with Gasteiger partial charge in [-0.15, -0.1) is 11.3 Å². The summed E-state index contributed by atoms with van der Waals surface area (Å²) in [7, 11) is 0. The fourth-order valence-electron chi connectivity index (χ4n) is 2.02. The van der Waals surface area contributed by atoms with E-state index in [1.54, 1.807) is 11.3 Å². The Morgan fingerprint density at radius 3 is 2.95 bits per heavy atom. The van der Waals surface area contributed by atoms with Crippen LogP contribution in [-0.2, 0) is 0 Å². The molecule has 0 aliphatic heterocycles. The van der Waals surface area contributed by atoms with Crippen LogP contribution in [0.2, 0.25) is 0 Å². The maximum absolute atomic E-state index is 10.7. The van der Waals surface area contributed by atoms with E-state index < -0.39 is 4.92 Å². The fourth-order valence-corrected chi connectivity index (χ4v) is 2.82. The lowest BCUT2D eigenvalue weighted by Gasteiger charge is -2.07. The molecule has 8 heteroatoms. The molecule has 0 unspecified atom stereocenters. The predicted octanol–water partition coefficient (Wildman–Crippen LogP) is 4.07. The highest BCUT2D eigenvalue weighted by molar-refractivity contribution is 7.17. The van der Waals surface area contributed by atoms with Crippen LogP contribution in [0.15, 0.2) is 28.0 Å². The molecule has 0 saturated heterocycles. The van der Waals surface area contributed by atoms with Crippen LogP contribution in [0.3, 0.4) is 0 Å². The van der Waals surface area contributed by atoms with Gasteiger partial charge in [-0.05, 0) is 23.9 Å². The Hall–Kier alpha value is -2.48. The van der Waals surface area contributed by atoms with Crippen molar-refractivity contribution in [3.05, 3.63) is 33.7 Å². The Morgan fingerprint density at radius 2 is 2.23 bits per heavy atom. The lowest BCUT2D eigenvalue weighted by molar-refractivity contribution is -0.401. The summed E-state index contributed by atoms with van der Waals surface area (Å²) < 4.78 is 6.16. The molecule has 1 N–H and O–H groups in total. The van der Waals surface area contributed by atoms with Gasteiger partial charge in [-0.1, -0.05) is 13.3 Å². The maximum atomic E-state index is 10.7. The van der Waals surface area contributed by atoms with Gasteiger partial charge in [-0.2, -0.15) is 0 Å². The summed E-state index contributed by atoms with van der Waals surface area (Å²) in [5.41, 5.74) is 0.799. The van der Waals surface area contributed by atoms with Crippen LogP contribution in [-0.4, -0.2) is 21.4 Å². The number of nitro groups is 1. The molecule has 0 aliphatic carbocycles. The minimum Gasteiger partial charge on any atom is -0.397 e. The van der Waals surface area contributed by atoms with Gasteiger partial charge < -0.3 is 9.73 Å². The van der Waals surface area contributed by atoms with Crippen LogP contribution in [0.1, 0.15) is 19.8 Å². The molecule has 0 fully saturated rings. The normalized spacial score (nSPS) is 11.0. The van der Waals surface area contributed by atoms with Gasteiger partial charge in [0.1, 0.15) is 10.7 Å². The number of rotatable bonds is 6. The number of anilines is 1. The molecule has 22 heavy (non-hydrogen) atoms. The predicted molar refractivity (Wildman–Crippen MR) is 85.2 cm³/mol. The molecule has 3 rings (SSSR count). The van der Waals surface area contributed by atoms with E-state index in [-0.39, 0.29) is 5.88 Å². The first-order chi connectivity index (χ1) is 10.7. The summed E-state index contributed by atoms with van der Waals surface area (Å²) in [6.07, 6.45) is 2.13. The van der Waals surface area contributed by atoms with Crippen molar-refractivity contribution < 1.29 is 9.34 Å². The first-order valence-electron chi connectivity index (χ1n) is 6.92. The average Bonchev–Trinajstić information content (AvgIpc) is 3.16. The molecule has 0 atom stereocenters. The van der Waals surface area contributed by atoms with Gasteiger partial charge in [-0.25, -0.2) is 9.97 Å². The van der Waals surface area contributed by atoms with Crippen molar-refractivity contribution in [2.45, 2.75) is 19.8 Å². The van der Waals surface area contributed by atoms with E-state index >= 15 is 0 Å². The molecule has 0 bridgehead atoms. The Labute approximate surface area is 130 Å². The zero-order valence-electron chi connectivity index (χ0n) is 11.9. The van der Waals surface area contributed by atoms with E-state index in [9.17, 15) is 10.1 Å². The molecular weight excluding hydrogens is 304 g/mol. The van der Waals surface area contributed by atoms with Crippen molar-refractivity contribution in [3.8, 4) is 11.6 Å². The summed E-state index contributed by atoms with van der Waals surface area (Å²) in [5, 5.41) is 16.0. The second-order valence-corrected chi connectivity index (χ2v) is 5.62. The summed E-state index contributed by atoms with van der Waals surface area (Å²) in [5.74, 6) is 1.06. The number of thiophene rings is 1. The Bertz CT molecular complexity index is 811. The second kappa shape index (κ2) is 6.10. The fraction of sp³-hybridized carbons (Fsp3) is 0.286. The van der Waals surface area contributed by atoms with Gasteiger partial charge in [0.2, 0.25) is 0 Å². The van der Waals surface area contributed by atoms with Gasteiger partial charge in [0, 0.05) is 6.54 Å². The van der Waals surface area contributed by atoms with Crippen LogP contribution in [0.4, 0.5) is 11.7 Å². The van der Waals surface area contributed by atoms with Crippen molar-refractivity contribution in [2.24, 2.45) is 0 Å². The Kier molecular flexibility index (Phi) is 4.01. The van der Waals surface area contributed by atoms with Gasteiger partial charge in [0.15, 0.2) is 11.6 Å². The third kappa shape index (κ3) is 2.77. The molecule has 0 saturated carbocycles.